The minimum absolute atomic E-state index is 0.527. The Morgan fingerprint density at radius 1 is 0.542 bits per heavy atom. The van der Waals surface area contributed by atoms with Gasteiger partial charge in [-0.1, -0.05) is 146 Å². The highest BCUT2D eigenvalue weighted by Crippen LogP contribution is 2.53. The molecule has 4 heterocycles. The second-order valence-electron chi connectivity index (χ2n) is 14.5. The molecule has 7 heteroatoms. The quantitative estimate of drug-likeness (QED) is 0.120. The van der Waals surface area contributed by atoms with Gasteiger partial charge in [0.15, 0.2) is 11.6 Å². The molecule has 0 spiro atoms. The molecule has 0 aliphatic carbocycles. The molecule has 0 saturated heterocycles. The van der Waals surface area contributed by atoms with E-state index in [1.807, 2.05) is 79.9 Å². The number of anilines is 3. The summed E-state index contributed by atoms with van der Waals surface area (Å²) in [5, 5.41) is 4.36. The molecule has 1 aliphatic rings. The Labute approximate surface area is 341 Å². The summed E-state index contributed by atoms with van der Waals surface area (Å²) in [6, 6.07) is 58.6. The van der Waals surface area contributed by atoms with Gasteiger partial charge in [0.25, 0.3) is 0 Å². The van der Waals surface area contributed by atoms with Gasteiger partial charge in [0.2, 0.25) is 5.95 Å². The monoisotopic (exact) mass is 757 g/mol. The van der Waals surface area contributed by atoms with E-state index in [9.17, 15) is 0 Å². The smallest absolute Gasteiger partial charge is 0.238 e. The summed E-state index contributed by atoms with van der Waals surface area (Å²) in [4.78, 5) is 28.0. The molecule has 59 heavy (non-hydrogen) atoms. The first-order valence-corrected chi connectivity index (χ1v) is 19.7. The predicted octanol–water partition coefficient (Wildman–Crippen LogP) is 13.3. The number of fused-ring (bicyclic) bond motifs is 5. The Hall–Kier alpha value is -8.03. The van der Waals surface area contributed by atoms with Crippen molar-refractivity contribution in [2.24, 2.45) is 4.99 Å². The van der Waals surface area contributed by atoms with Crippen LogP contribution in [0.25, 0.3) is 89.5 Å². The first kappa shape index (κ1) is 34.2. The summed E-state index contributed by atoms with van der Waals surface area (Å²) in [7, 11) is 0. The lowest BCUT2D eigenvalue weighted by Crippen LogP contribution is -2.19. The Kier molecular flexibility index (Phi) is 8.05. The normalized spacial score (nSPS) is 12.1. The molecule has 7 nitrogen and oxygen atoms in total. The fraction of sp³-hybridized carbons (Fsp3) is 0.0192. The van der Waals surface area contributed by atoms with Crippen molar-refractivity contribution in [2.75, 3.05) is 4.90 Å². The van der Waals surface area contributed by atoms with Crippen LogP contribution in [-0.2, 0) is 0 Å². The minimum Gasteiger partial charge on any atom is -0.294 e. The van der Waals surface area contributed by atoms with Crippen LogP contribution in [0.4, 0.5) is 23.1 Å². The van der Waals surface area contributed by atoms with E-state index in [1.165, 1.54) is 0 Å². The van der Waals surface area contributed by atoms with Crippen LogP contribution < -0.4 is 4.90 Å². The van der Waals surface area contributed by atoms with E-state index in [0.717, 1.165) is 94.5 Å². The molecule has 0 saturated carbocycles. The zero-order valence-corrected chi connectivity index (χ0v) is 32.2. The number of aromatic nitrogens is 5. The lowest BCUT2D eigenvalue weighted by molar-refractivity contribution is 1.02. The molecule has 0 radical (unpaired) electrons. The molecule has 0 atom stereocenters. The van der Waals surface area contributed by atoms with Crippen molar-refractivity contribution in [2.45, 2.75) is 6.92 Å². The third kappa shape index (κ3) is 5.47. The van der Waals surface area contributed by atoms with Gasteiger partial charge in [-0.2, -0.15) is 9.97 Å². The summed E-state index contributed by atoms with van der Waals surface area (Å²) >= 11 is 0. The molecule has 0 amide bonds. The summed E-state index contributed by atoms with van der Waals surface area (Å²) in [5.74, 6) is 2.58. The van der Waals surface area contributed by atoms with E-state index in [4.69, 9.17) is 24.9 Å². The van der Waals surface area contributed by atoms with Crippen LogP contribution in [0.1, 0.15) is 12.5 Å². The summed E-state index contributed by atoms with van der Waals surface area (Å²) < 4.78 is 2.21. The first-order valence-electron chi connectivity index (χ1n) is 19.7. The van der Waals surface area contributed by atoms with Gasteiger partial charge in [0.05, 0.1) is 28.1 Å². The van der Waals surface area contributed by atoms with Crippen molar-refractivity contribution in [3.8, 4) is 50.8 Å². The zero-order chi connectivity index (χ0) is 39.5. The molecule has 10 aromatic rings. The van der Waals surface area contributed by atoms with Crippen LogP contribution in [0.2, 0.25) is 0 Å². The maximum absolute atomic E-state index is 5.45. The van der Waals surface area contributed by atoms with Crippen molar-refractivity contribution < 1.29 is 0 Å². The van der Waals surface area contributed by atoms with Crippen LogP contribution >= 0.6 is 0 Å². The van der Waals surface area contributed by atoms with E-state index in [-0.39, 0.29) is 0 Å². The lowest BCUT2D eigenvalue weighted by Gasteiger charge is -2.33. The highest BCUT2D eigenvalue weighted by atomic mass is 15.3. The van der Waals surface area contributed by atoms with E-state index in [1.54, 1.807) is 0 Å². The highest BCUT2D eigenvalue weighted by molar-refractivity contribution is 6.21. The van der Waals surface area contributed by atoms with Gasteiger partial charge in [0, 0.05) is 50.3 Å². The third-order valence-electron chi connectivity index (χ3n) is 11.1. The number of nitrogens with zero attached hydrogens (tertiary/aromatic N) is 7. The molecule has 278 valence electrons. The standard InChI is InChI=1S/C52H35N7/c1-3-37-40-22-12-14-26-43(40)58(51(37)53-4-2)36-31-29-33(30-32-36)38-23-15-27-44-46(38)48-47-41(39-21-11-13-25-42(39)54-48)24-16-28-45(47)59(44)52-56-49(34-17-7-5-8-18-34)55-50(57-52)35-19-9-6-10-20-35/h3-32H,1H2,2H3. The van der Waals surface area contributed by atoms with Crippen LogP contribution in [0.15, 0.2) is 181 Å². The molecule has 11 rings (SSSR count). The van der Waals surface area contributed by atoms with E-state index in [2.05, 4.69) is 125 Å². The van der Waals surface area contributed by atoms with Crippen molar-refractivity contribution in [1.29, 1.82) is 0 Å². The molecule has 0 N–H and O–H groups in total. The first-order chi connectivity index (χ1) is 29.2. The van der Waals surface area contributed by atoms with Crippen molar-refractivity contribution >= 4 is 68.0 Å². The Bertz CT molecular complexity index is 3240. The second kappa shape index (κ2) is 13.9. The number of benzene rings is 7. The van der Waals surface area contributed by atoms with Gasteiger partial charge in [0.1, 0.15) is 5.82 Å². The fourth-order valence-electron chi connectivity index (χ4n) is 8.57. The fourth-order valence-corrected chi connectivity index (χ4v) is 8.57. The third-order valence-corrected chi connectivity index (χ3v) is 11.1. The summed E-state index contributed by atoms with van der Waals surface area (Å²) in [6.07, 6.45) is 3.73. The molecule has 1 aliphatic heterocycles. The summed E-state index contributed by atoms with van der Waals surface area (Å²) in [6.45, 7) is 6.08. The molecule has 0 bridgehead atoms. The number of rotatable bonds is 7. The Morgan fingerprint density at radius 2 is 1.17 bits per heavy atom. The van der Waals surface area contributed by atoms with Crippen LogP contribution in [0.3, 0.4) is 0 Å². The molecule has 0 unspecified atom stereocenters. The van der Waals surface area contributed by atoms with Gasteiger partial charge in [-0.05, 0) is 59.8 Å². The summed E-state index contributed by atoms with van der Waals surface area (Å²) in [5.41, 5.74) is 11.8. The van der Waals surface area contributed by atoms with Crippen LogP contribution in [0, 0.1) is 0 Å². The van der Waals surface area contributed by atoms with E-state index in [0.29, 0.717) is 17.6 Å². The van der Waals surface area contributed by atoms with E-state index >= 15 is 0 Å². The van der Waals surface area contributed by atoms with Crippen molar-refractivity contribution in [3.05, 3.63) is 182 Å². The lowest BCUT2D eigenvalue weighted by atomic mass is 9.88. The maximum atomic E-state index is 5.45. The van der Waals surface area contributed by atoms with Crippen LogP contribution in [0.5, 0.6) is 0 Å². The predicted molar refractivity (Wildman–Crippen MR) is 243 cm³/mol. The second-order valence-corrected chi connectivity index (χ2v) is 14.5. The maximum Gasteiger partial charge on any atom is 0.238 e. The van der Waals surface area contributed by atoms with Gasteiger partial charge >= 0.3 is 0 Å². The number of hydrogen-bond acceptors (Lipinski definition) is 6. The van der Waals surface area contributed by atoms with Crippen molar-refractivity contribution in [1.82, 2.24) is 24.5 Å². The van der Waals surface area contributed by atoms with Gasteiger partial charge in [-0.25, -0.2) is 15.0 Å². The Morgan fingerprint density at radius 3 is 1.88 bits per heavy atom. The molecule has 3 aromatic heterocycles. The molecular weight excluding hydrogens is 723 g/mol. The molecule has 0 fully saturated rings. The number of para-hydroxylation sites is 2. The SMILES string of the molecule is C=Cc1c(N=CC)n(-c2ccc(-c3cccc4c3-c3nc5ccccc5c5cccc(c35)N4c3nc(-c4ccccc4)nc(-c4ccccc4)n3)cc2)c2ccccc12. The largest absolute Gasteiger partial charge is 0.294 e. The topological polar surface area (TPSA) is 72.1 Å². The van der Waals surface area contributed by atoms with E-state index < -0.39 is 0 Å². The number of pyridine rings is 1. The number of hydrogen-bond donors (Lipinski definition) is 0. The average molecular weight is 758 g/mol. The zero-order valence-electron chi connectivity index (χ0n) is 32.2. The van der Waals surface area contributed by atoms with Crippen molar-refractivity contribution in [3.63, 3.8) is 0 Å². The van der Waals surface area contributed by atoms with Gasteiger partial charge in [-0.15, -0.1) is 0 Å². The van der Waals surface area contributed by atoms with Gasteiger partial charge in [-0.3, -0.25) is 9.47 Å². The van der Waals surface area contributed by atoms with Crippen LogP contribution in [-0.4, -0.2) is 30.7 Å². The minimum atomic E-state index is 0.527. The highest BCUT2D eigenvalue weighted by Gasteiger charge is 2.32. The number of aliphatic imine (C=N–C) groups is 1. The average Bonchev–Trinajstić information content (AvgIpc) is 3.62. The molecule has 7 aromatic carbocycles. The van der Waals surface area contributed by atoms with Gasteiger partial charge < -0.3 is 0 Å². The Balaban J connectivity index is 1.17. The molecular formula is C52H35N7.